The Kier molecular flexibility index (Phi) is 5.13. The minimum absolute atomic E-state index is 0.369. The lowest BCUT2D eigenvalue weighted by molar-refractivity contribution is -0.130. The minimum Gasteiger partial charge on any atom is -0.497 e. The topological polar surface area (TPSA) is 48.4 Å². The summed E-state index contributed by atoms with van der Waals surface area (Å²) >= 11 is 0. The molecule has 0 saturated heterocycles. The highest BCUT2D eigenvalue weighted by Crippen LogP contribution is 2.20. The van der Waals surface area contributed by atoms with Crippen molar-refractivity contribution in [2.45, 2.75) is 6.92 Å². The van der Waals surface area contributed by atoms with E-state index in [2.05, 4.69) is 11.6 Å². The minimum atomic E-state index is -0.426. The highest BCUT2D eigenvalue weighted by Gasteiger charge is 2.04. The molecule has 26 heavy (non-hydrogen) atoms. The Bertz CT molecular complexity index is 988. The van der Waals surface area contributed by atoms with Crippen LogP contribution in [-0.4, -0.2) is 18.1 Å². The summed E-state index contributed by atoms with van der Waals surface area (Å²) in [5.74, 6) is 0.883. The molecule has 1 heterocycles. The summed E-state index contributed by atoms with van der Waals surface area (Å²) in [5.41, 5.74) is 3.13. The van der Waals surface area contributed by atoms with Gasteiger partial charge in [-0.3, -0.25) is 0 Å². The first-order valence-electron chi connectivity index (χ1n) is 8.16. The molecule has 3 aromatic rings. The second kappa shape index (κ2) is 7.66. The molecule has 0 bridgehead atoms. The Labute approximate surface area is 152 Å². The van der Waals surface area contributed by atoms with Crippen LogP contribution in [0.5, 0.6) is 11.5 Å². The summed E-state index contributed by atoms with van der Waals surface area (Å²) in [6.45, 7) is 5.18. The van der Waals surface area contributed by atoms with Crippen molar-refractivity contribution < 1.29 is 14.3 Å². The van der Waals surface area contributed by atoms with Gasteiger partial charge in [0.05, 0.1) is 18.3 Å². The summed E-state index contributed by atoms with van der Waals surface area (Å²) in [5, 5.41) is 1.03. The summed E-state index contributed by atoms with van der Waals surface area (Å²) in [6.07, 6.45) is 3.90. The number of methoxy groups -OCH3 is 1. The molecule has 1 aromatic heterocycles. The molecule has 0 unspecified atom stereocenters. The van der Waals surface area contributed by atoms with Crippen LogP contribution >= 0.6 is 0 Å². The first-order chi connectivity index (χ1) is 12.5. The van der Waals surface area contributed by atoms with Gasteiger partial charge in [-0.05, 0) is 55.0 Å². The van der Waals surface area contributed by atoms with Crippen LogP contribution in [0.2, 0.25) is 0 Å². The molecule has 2 aromatic carbocycles. The summed E-state index contributed by atoms with van der Waals surface area (Å²) in [4.78, 5) is 16.1. The third-order valence-corrected chi connectivity index (χ3v) is 3.80. The molecule has 3 rings (SSSR count). The monoisotopic (exact) mass is 345 g/mol. The number of fused-ring (bicyclic) bond motifs is 1. The predicted octanol–water partition coefficient (Wildman–Crippen LogP) is 4.90. The van der Waals surface area contributed by atoms with Crippen molar-refractivity contribution in [3.63, 3.8) is 0 Å². The maximum Gasteiger partial charge on any atom is 0.338 e. The smallest absolute Gasteiger partial charge is 0.338 e. The van der Waals surface area contributed by atoms with Crippen molar-refractivity contribution in [3.05, 3.63) is 78.0 Å². The van der Waals surface area contributed by atoms with E-state index in [4.69, 9.17) is 9.47 Å². The van der Waals surface area contributed by atoms with Gasteiger partial charge in [0, 0.05) is 11.0 Å². The zero-order valence-corrected chi connectivity index (χ0v) is 14.7. The third-order valence-electron chi connectivity index (χ3n) is 3.80. The number of aromatic nitrogens is 1. The molecule has 0 spiro atoms. The number of nitrogens with zero attached hydrogens (tertiary/aromatic N) is 1. The Balaban J connectivity index is 1.74. The van der Waals surface area contributed by atoms with Crippen molar-refractivity contribution in [1.82, 2.24) is 4.98 Å². The number of esters is 1. The third kappa shape index (κ3) is 4.16. The van der Waals surface area contributed by atoms with E-state index in [0.29, 0.717) is 11.3 Å². The van der Waals surface area contributed by atoms with Crippen molar-refractivity contribution in [2.24, 2.45) is 0 Å². The predicted molar refractivity (Wildman–Crippen MR) is 104 cm³/mol. The van der Waals surface area contributed by atoms with Gasteiger partial charge < -0.3 is 9.47 Å². The van der Waals surface area contributed by atoms with Crippen molar-refractivity contribution in [1.29, 1.82) is 0 Å². The highest BCUT2D eigenvalue weighted by atomic mass is 16.5. The maximum atomic E-state index is 11.5. The fourth-order valence-electron chi connectivity index (χ4n) is 2.36. The molecule has 0 radical (unpaired) electrons. The van der Waals surface area contributed by atoms with Gasteiger partial charge in [-0.2, -0.15) is 0 Å². The van der Waals surface area contributed by atoms with E-state index >= 15 is 0 Å². The number of rotatable bonds is 5. The summed E-state index contributed by atoms with van der Waals surface area (Å²) in [7, 11) is 1.65. The van der Waals surface area contributed by atoms with Gasteiger partial charge in [-0.15, -0.1) is 0 Å². The van der Waals surface area contributed by atoms with Crippen LogP contribution in [0.15, 0.2) is 66.7 Å². The lowest BCUT2D eigenvalue weighted by Gasteiger charge is -2.04. The Morgan fingerprint density at radius 1 is 1.00 bits per heavy atom. The molecule has 0 aliphatic rings. The molecule has 0 aliphatic heterocycles. The number of hydrogen-bond acceptors (Lipinski definition) is 4. The number of ether oxygens (including phenoxy) is 2. The fraction of sp³-hybridized carbons (Fsp3) is 0.0909. The normalized spacial score (nSPS) is 10.8. The Morgan fingerprint density at radius 2 is 1.73 bits per heavy atom. The SMILES string of the molecule is C=C(C)C(=O)Oc1ccc(C=Cc2ccc3cc(OC)ccc3n2)cc1. The fourth-order valence-corrected chi connectivity index (χ4v) is 2.36. The lowest BCUT2D eigenvalue weighted by Crippen LogP contribution is -2.07. The van der Waals surface area contributed by atoms with E-state index in [1.165, 1.54) is 0 Å². The Hall–Kier alpha value is -3.40. The molecule has 0 saturated carbocycles. The van der Waals surface area contributed by atoms with E-state index in [9.17, 15) is 4.79 Å². The van der Waals surface area contributed by atoms with Crippen molar-refractivity contribution >= 4 is 29.0 Å². The lowest BCUT2D eigenvalue weighted by atomic mass is 10.1. The van der Waals surface area contributed by atoms with E-state index < -0.39 is 5.97 Å². The van der Waals surface area contributed by atoms with Crippen molar-refractivity contribution in [2.75, 3.05) is 7.11 Å². The second-order valence-electron chi connectivity index (χ2n) is 5.87. The van der Waals surface area contributed by atoms with Crippen LogP contribution in [0.3, 0.4) is 0 Å². The van der Waals surface area contributed by atoms with Gasteiger partial charge in [-0.1, -0.05) is 30.9 Å². The molecule has 0 N–H and O–H groups in total. The molecule has 0 fully saturated rings. The van der Waals surface area contributed by atoms with Gasteiger partial charge in [0.15, 0.2) is 0 Å². The van der Waals surface area contributed by atoms with Gasteiger partial charge >= 0.3 is 5.97 Å². The molecular weight excluding hydrogens is 326 g/mol. The molecule has 4 heteroatoms. The van der Waals surface area contributed by atoms with Gasteiger partial charge in [-0.25, -0.2) is 9.78 Å². The van der Waals surface area contributed by atoms with Gasteiger partial charge in [0.25, 0.3) is 0 Å². The van der Waals surface area contributed by atoms with E-state index in [-0.39, 0.29) is 0 Å². The molecular formula is C22H19NO3. The van der Waals surface area contributed by atoms with Crippen LogP contribution < -0.4 is 9.47 Å². The summed E-state index contributed by atoms with van der Waals surface area (Å²) < 4.78 is 10.4. The van der Waals surface area contributed by atoms with Crippen LogP contribution in [0.1, 0.15) is 18.2 Å². The average molecular weight is 345 g/mol. The van der Waals surface area contributed by atoms with Crippen LogP contribution in [0.25, 0.3) is 23.1 Å². The van der Waals surface area contributed by atoms with Crippen LogP contribution in [0, 0.1) is 0 Å². The number of benzene rings is 2. The van der Waals surface area contributed by atoms with E-state index in [0.717, 1.165) is 27.9 Å². The zero-order chi connectivity index (χ0) is 18.5. The van der Waals surface area contributed by atoms with Crippen LogP contribution in [-0.2, 0) is 4.79 Å². The number of hydrogen-bond donors (Lipinski definition) is 0. The van der Waals surface area contributed by atoms with E-state index in [1.54, 1.807) is 26.2 Å². The molecule has 130 valence electrons. The van der Waals surface area contributed by atoms with Gasteiger partial charge in [0.1, 0.15) is 11.5 Å². The zero-order valence-electron chi connectivity index (χ0n) is 14.7. The standard InChI is InChI=1S/C22H19NO3/c1-15(2)22(24)26-19-10-5-16(6-11-19)4-8-18-9-7-17-14-20(25-3)12-13-21(17)23-18/h4-14H,1H2,2-3H3. The summed E-state index contributed by atoms with van der Waals surface area (Å²) in [6, 6.07) is 17.0. The van der Waals surface area contributed by atoms with Crippen molar-refractivity contribution in [3.8, 4) is 11.5 Å². The maximum absolute atomic E-state index is 11.5. The van der Waals surface area contributed by atoms with E-state index in [1.807, 2.05) is 54.6 Å². The molecule has 0 atom stereocenters. The largest absolute Gasteiger partial charge is 0.497 e. The first-order valence-corrected chi connectivity index (χ1v) is 8.16. The first kappa shape index (κ1) is 17.4. The van der Waals surface area contributed by atoms with Gasteiger partial charge in [0.2, 0.25) is 0 Å². The molecule has 0 aliphatic carbocycles. The quantitative estimate of drug-likeness (QED) is 0.375. The number of carbonyl (C=O) groups is 1. The second-order valence-corrected chi connectivity index (χ2v) is 5.87. The van der Waals surface area contributed by atoms with Crippen LogP contribution in [0.4, 0.5) is 0 Å². The number of carbonyl (C=O) groups excluding carboxylic acids is 1. The average Bonchev–Trinajstić information content (AvgIpc) is 2.66. The number of pyridine rings is 1. The molecule has 4 nitrogen and oxygen atoms in total. The Morgan fingerprint density at radius 3 is 2.42 bits per heavy atom. The molecule has 0 amide bonds. The highest BCUT2D eigenvalue weighted by molar-refractivity contribution is 5.88.